The molecule has 0 aliphatic rings. The van der Waals surface area contributed by atoms with Gasteiger partial charge in [0, 0.05) is 11.6 Å². The first-order valence-corrected chi connectivity index (χ1v) is 4.36. The molecule has 16 heavy (non-hydrogen) atoms. The summed E-state index contributed by atoms with van der Waals surface area (Å²) in [4.78, 5) is 9.83. The number of hydrogen-bond acceptors (Lipinski definition) is 5. The number of benzene rings is 1. The summed E-state index contributed by atoms with van der Waals surface area (Å²) in [6, 6.07) is 3.97. The van der Waals surface area contributed by atoms with E-state index in [1.54, 1.807) is 0 Å². The van der Waals surface area contributed by atoms with Gasteiger partial charge in [0.1, 0.15) is 0 Å². The Kier molecular flexibility index (Phi) is 2.20. The van der Waals surface area contributed by atoms with Crippen LogP contribution in [0.3, 0.4) is 0 Å². The average molecular weight is 220 g/mol. The van der Waals surface area contributed by atoms with Crippen LogP contribution in [0.5, 0.6) is 5.75 Å². The van der Waals surface area contributed by atoms with E-state index in [9.17, 15) is 15.2 Å². The van der Waals surface area contributed by atoms with Crippen molar-refractivity contribution in [3.05, 3.63) is 34.5 Å². The molecule has 0 fully saturated rings. The van der Waals surface area contributed by atoms with E-state index in [0.717, 1.165) is 0 Å². The topological polar surface area (TPSA) is 118 Å². The third-order valence-electron chi connectivity index (χ3n) is 2.13. The number of nitrogens with one attached hydrogen (secondary N) is 1. The molecule has 1 aromatic carbocycles. The molecular weight excluding hydrogens is 212 g/mol. The zero-order valence-electron chi connectivity index (χ0n) is 8.04. The van der Waals surface area contributed by atoms with E-state index in [1.807, 2.05) is 0 Å². The van der Waals surface area contributed by atoms with E-state index < -0.39 is 10.7 Å². The minimum atomic E-state index is -0.657. The van der Waals surface area contributed by atoms with Crippen LogP contribution in [0.15, 0.2) is 24.4 Å². The Morgan fingerprint density at radius 1 is 1.50 bits per heavy atom. The standard InChI is InChI=1S/C9H8N4O3/c10-6-4-11-12-9(6)5-1-2-7(13(15)16)8(14)3-5/h1-4,14H,10H2,(H,11,12). The van der Waals surface area contributed by atoms with Crippen LogP contribution in [0, 0.1) is 10.1 Å². The fourth-order valence-corrected chi connectivity index (χ4v) is 1.36. The van der Waals surface area contributed by atoms with Gasteiger partial charge in [-0.05, 0) is 12.1 Å². The molecule has 7 nitrogen and oxygen atoms in total. The van der Waals surface area contributed by atoms with Crippen molar-refractivity contribution in [2.75, 3.05) is 5.73 Å². The monoisotopic (exact) mass is 220 g/mol. The number of rotatable bonds is 2. The van der Waals surface area contributed by atoms with Gasteiger partial charge in [-0.15, -0.1) is 0 Å². The molecule has 0 bridgehead atoms. The van der Waals surface area contributed by atoms with Crippen molar-refractivity contribution in [2.45, 2.75) is 0 Å². The van der Waals surface area contributed by atoms with Crippen molar-refractivity contribution in [1.82, 2.24) is 10.2 Å². The molecule has 0 amide bonds. The number of phenols is 1. The summed E-state index contributed by atoms with van der Waals surface area (Å²) < 4.78 is 0. The SMILES string of the molecule is Nc1cn[nH]c1-c1ccc([N+](=O)[O-])c(O)c1. The Hall–Kier alpha value is -2.57. The minimum Gasteiger partial charge on any atom is -0.502 e. The molecule has 2 rings (SSSR count). The van der Waals surface area contributed by atoms with Gasteiger partial charge in [-0.2, -0.15) is 5.10 Å². The van der Waals surface area contributed by atoms with Crippen LogP contribution >= 0.6 is 0 Å². The molecule has 2 aromatic rings. The maximum atomic E-state index is 10.5. The number of aromatic amines is 1. The second-order valence-corrected chi connectivity index (χ2v) is 3.16. The van der Waals surface area contributed by atoms with Gasteiger partial charge in [-0.1, -0.05) is 0 Å². The van der Waals surface area contributed by atoms with Gasteiger partial charge >= 0.3 is 5.69 Å². The van der Waals surface area contributed by atoms with Gasteiger partial charge in [0.25, 0.3) is 0 Å². The van der Waals surface area contributed by atoms with Crippen LogP contribution in [-0.4, -0.2) is 20.2 Å². The van der Waals surface area contributed by atoms with E-state index in [4.69, 9.17) is 5.73 Å². The summed E-state index contributed by atoms with van der Waals surface area (Å²) in [7, 11) is 0. The number of nitrogens with two attached hydrogens (primary N) is 1. The molecule has 0 atom stereocenters. The molecule has 1 aromatic heterocycles. The summed E-state index contributed by atoms with van der Waals surface area (Å²) in [6.45, 7) is 0. The molecule has 0 spiro atoms. The molecule has 0 saturated carbocycles. The predicted molar refractivity (Wildman–Crippen MR) is 56.8 cm³/mol. The van der Waals surface area contributed by atoms with E-state index in [2.05, 4.69) is 10.2 Å². The molecule has 82 valence electrons. The number of nitro groups is 1. The highest BCUT2D eigenvalue weighted by atomic mass is 16.6. The van der Waals surface area contributed by atoms with E-state index in [0.29, 0.717) is 16.9 Å². The Bertz CT molecular complexity index is 549. The highest BCUT2D eigenvalue weighted by Gasteiger charge is 2.15. The highest BCUT2D eigenvalue weighted by Crippen LogP contribution is 2.32. The van der Waals surface area contributed by atoms with Gasteiger partial charge < -0.3 is 10.8 Å². The third kappa shape index (κ3) is 1.54. The lowest BCUT2D eigenvalue weighted by atomic mass is 10.1. The molecular formula is C9H8N4O3. The van der Waals surface area contributed by atoms with Crippen LogP contribution in [0.2, 0.25) is 0 Å². The predicted octanol–water partition coefficient (Wildman–Crippen LogP) is 1.27. The summed E-state index contributed by atoms with van der Waals surface area (Å²) in [6.07, 6.45) is 1.42. The smallest absolute Gasteiger partial charge is 0.310 e. The summed E-state index contributed by atoms with van der Waals surface area (Å²) in [5.74, 6) is -0.406. The molecule has 0 aliphatic heterocycles. The lowest BCUT2D eigenvalue weighted by molar-refractivity contribution is -0.385. The average Bonchev–Trinajstić information content (AvgIpc) is 2.63. The molecule has 1 heterocycles. The number of H-pyrrole nitrogens is 1. The first-order valence-electron chi connectivity index (χ1n) is 4.36. The second-order valence-electron chi connectivity index (χ2n) is 3.16. The number of aromatic hydroxyl groups is 1. The van der Waals surface area contributed by atoms with E-state index in [-0.39, 0.29) is 5.69 Å². The normalized spacial score (nSPS) is 10.2. The fourth-order valence-electron chi connectivity index (χ4n) is 1.36. The van der Waals surface area contributed by atoms with Gasteiger partial charge in [-0.3, -0.25) is 15.2 Å². The molecule has 4 N–H and O–H groups in total. The van der Waals surface area contributed by atoms with Crippen molar-refractivity contribution in [3.8, 4) is 17.0 Å². The van der Waals surface area contributed by atoms with E-state index >= 15 is 0 Å². The quantitative estimate of drug-likeness (QED) is 0.520. The maximum Gasteiger partial charge on any atom is 0.310 e. The van der Waals surface area contributed by atoms with Gasteiger partial charge in [0.2, 0.25) is 0 Å². The zero-order chi connectivity index (χ0) is 11.7. The number of nitro benzene ring substituents is 1. The first-order chi connectivity index (χ1) is 7.59. The third-order valence-corrected chi connectivity index (χ3v) is 2.13. The van der Waals surface area contributed by atoms with Gasteiger partial charge in [0.05, 0.1) is 22.5 Å². The lowest BCUT2D eigenvalue weighted by Crippen LogP contribution is -1.90. The van der Waals surface area contributed by atoms with Crippen LogP contribution in [0.4, 0.5) is 11.4 Å². The second kappa shape index (κ2) is 3.54. The van der Waals surface area contributed by atoms with Crippen LogP contribution in [0.25, 0.3) is 11.3 Å². The molecule has 0 unspecified atom stereocenters. The number of aromatic nitrogens is 2. The van der Waals surface area contributed by atoms with Crippen LogP contribution < -0.4 is 5.73 Å². The number of hydrogen-bond donors (Lipinski definition) is 3. The first kappa shape index (κ1) is 9.97. The van der Waals surface area contributed by atoms with E-state index in [1.165, 1.54) is 24.4 Å². The number of phenolic OH excluding ortho intramolecular Hbond substituents is 1. The summed E-state index contributed by atoms with van der Waals surface area (Å²) in [5.41, 5.74) is 6.73. The zero-order valence-corrected chi connectivity index (χ0v) is 8.04. The number of anilines is 1. The molecule has 0 aliphatic carbocycles. The van der Waals surface area contributed by atoms with Crippen molar-refractivity contribution in [3.63, 3.8) is 0 Å². The van der Waals surface area contributed by atoms with Crippen molar-refractivity contribution in [1.29, 1.82) is 0 Å². The highest BCUT2D eigenvalue weighted by molar-refractivity contribution is 5.74. The molecule has 0 radical (unpaired) electrons. The maximum absolute atomic E-state index is 10.5. The van der Waals surface area contributed by atoms with Crippen LogP contribution in [0.1, 0.15) is 0 Å². The molecule has 7 heteroatoms. The Morgan fingerprint density at radius 2 is 2.25 bits per heavy atom. The number of nitrogen functional groups attached to an aromatic ring is 1. The Morgan fingerprint density at radius 3 is 2.75 bits per heavy atom. The summed E-state index contributed by atoms with van der Waals surface area (Å²) >= 11 is 0. The molecule has 0 saturated heterocycles. The number of nitrogens with zero attached hydrogens (tertiary/aromatic N) is 2. The van der Waals surface area contributed by atoms with Gasteiger partial charge in [-0.25, -0.2) is 0 Å². The summed E-state index contributed by atoms with van der Waals surface area (Å²) in [5, 5.41) is 26.3. The van der Waals surface area contributed by atoms with Gasteiger partial charge in [0.15, 0.2) is 5.75 Å². The van der Waals surface area contributed by atoms with Crippen molar-refractivity contribution < 1.29 is 10.0 Å². The Balaban J connectivity index is 2.50. The minimum absolute atomic E-state index is 0.346. The Labute approximate surface area is 89.7 Å². The lowest BCUT2D eigenvalue weighted by Gasteiger charge is -2.01. The van der Waals surface area contributed by atoms with Crippen LogP contribution in [-0.2, 0) is 0 Å². The van der Waals surface area contributed by atoms with Crippen molar-refractivity contribution >= 4 is 11.4 Å². The largest absolute Gasteiger partial charge is 0.502 e. The van der Waals surface area contributed by atoms with Crippen molar-refractivity contribution in [2.24, 2.45) is 0 Å². The fraction of sp³-hybridized carbons (Fsp3) is 0.